The number of rotatable bonds is 3. The smallest absolute Gasteiger partial charge is 0.236 e. The Morgan fingerprint density at radius 2 is 2.38 bits per heavy atom. The maximum atomic E-state index is 11.4. The predicted molar refractivity (Wildman–Crippen MR) is 68.8 cm³/mol. The largest absolute Gasteiger partial charge is 0.377 e. The molecule has 0 spiro atoms. The van der Waals surface area contributed by atoms with Crippen molar-refractivity contribution in [2.45, 2.75) is 0 Å². The van der Waals surface area contributed by atoms with Crippen LogP contribution in [0.3, 0.4) is 0 Å². The van der Waals surface area contributed by atoms with E-state index in [2.05, 4.69) is 31.3 Å². The number of hydrogen-bond acceptors (Lipinski definition) is 5. The molecule has 0 aliphatic rings. The monoisotopic (exact) mass is 303 g/mol. The van der Waals surface area contributed by atoms with E-state index in [9.17, 15) is 4.79 Å². The highest BCUT2D eigenvalue weighted by atomic mass is 79.9. The molecular weight excluding hydrogens is 294 g/mol. The fourth-order valence-electron chi connectivity index (χ4n) is 0.805. The fourth-order valence-corrected chi connectivity index (χ4v) is 1.47. The van der Waals surface area contributed by atoms with Gasteiger partial charge in [0.25, 0.3) is 0 Å². The number of hydrogen-bond donors (Lipinski definition) is 3. The zero-order chi connectivity index (χ0) is 12.0. The molecule has 0 atom stereocenters. The van der Waals surface area contributed by atoms with E-state index >= 15 is 0 Å². The number of pyridine rings is 1. The summed E-state index contributed by atoms with van der Waals surface area (Å²) in [6, 6.07) is 3.47. The van der Waals surface area contributed by atoms with Crippen LogP contribution in [-0.2, 0) is 4.79 Å². The Kier molecular flexibility index (Phi) is 5.06. The minimum absolute atomic E-state index is 0.143. The summed E-state index contributed by atoms with van der Waals surface area (Å²) in [6.45, 7) is 0. The second-order valence-corrected chi connectivity index (χ2v) is 4.58. The molecule has 0 unspecified atom stereocenters. The number of carbonyl (C=O) groups is 1. The quantitative estimate of drug-likeness (QED) is 0.330. The van der Waals surface area contributed by atoms with Crippen LogP contribution in [0.25, 0.3) is 0 Å². The first-order chi connectivity index (χ1) is 7.61. The molecule has 0 aliphatic heterocycles. The molecule has 5 N–H and O–H groups in total. The lowest BCUT2D eigenvalue weighted by Crippen LogP contribution is -2.18. The molecule has 86 valence electrons. The minimum atomic E-state index is -0.216. The molecule has 6 nitrogen and oxygen atoms in total. The summed E-state index contributed by atoms with van der Waals surface area (Å²) in [6.07, 6.45) is 1.60. The molecule has 0 saturated heterocycles. The van der Waals surface area contributed by atoms with E-state index in [1.165, 1.54) is 0 Å². The zero-order valence-corrected chi connectivity index (χ0v) is 10.6. The first-order valence-corrected chi connectivity index (χ1v) is 5.97. The van der Waals surface area contributed by atoms with E-state index in [-0.39, 0.29) is 16.8 Å². The number of amidine groups is 1. The van der Waals surface area contributed by atoms with Gasteiger partial charge in [-0.1, -0.05) is 11.8 Å². The average Bonchev–Trinajstić information content (AvgIpc) is 2.29. The van der Waals surface area contributed by atoms with E-state index in [4.69, 9.17) is 11.6 Å². The van der Waals surface area contributed by atoms with E-state index in [0.717, 1.165) is 16.2 Å². The van der Waals surface area contributed by atoms with Gasteiger partial charge in [0.05, 0.1) is 5.75 Å². The zero-order valence-electron chi connectivity index (χ0n) is 8.18. The van der Waals surface area contributed by atoms with Gasteiger partial charge in [0, 0.05) is 10.7 Å². The molecule has 0 radical (unpaired) electrons. The highest BCUT2D eigenvalue weighted by Crippen LogP contribution is 2.10. The lowest BCUT2D eigenvalue weighted by Gasteiger charge is -2.03. The van der Waals surface area contributed by atoms with Crippen LogP contribution in [0.2, 0.25) is 0 Å². The van der Waals surface area contributed by atoms with Crippen LogP contribution in [0, 0.1) is 0 Å². The van der Waals surface area contributed by atoms with Gasteiger partial charge in [-0.25, -0.2) is 4.98 Å². The molecule has 0 fully saturated rings. The number of carbonyl (C=O) groups excluding carboxylic acids is 1. The lowest BCUT2D eigenvalue weighted by atomic mass is 10.4. The number of anilines is 1. The summed E-state index contributed by atoms with van der Waals surface area (Å²) in [7, 11) is 0. The van der Waals surface area contributed by atoms with Crippen molar-refractivity contribution in [1.29, 1.82) is 0 Å². The van der Waals surface area contributed by atoms with Gasteiger partial charge in [-0.3, -0.25) is 4.79 Å². The normalized spacial score (nSPS) is 11.2. The summed E-state index contributed by atoms with van der Waals surface area (Å²) in [4.78, 5) is 15.4. The first-order valence-electron chi connectivity index (χ1n) is 4.19. The van der Waals surface area contributed by atoms with Crippen molar-refractivity contribution in [3.8, 4) is 0 Å². The summed E-state index contributed by atoms with van der Waals surface area (Å²) >= 11 is 4.31. The fraction of sp³-hybridized carbons (Fsp3) is 0.125. The summed E-state index contributed by atoms with van der Waals surface area (Å²) in [5, 5.41) is 6.01. The second-order valence-electron chi connectivity index (χ2n) is 2.67. The Bertz CT molecular complexity index is 394. The topological polar surface area (TPSA) is 106 Å². The van der Waals surface area contributed by atoms with E-state index in [1.54, 1.807) is 18.3 Å². The number of nitrogens with one attached hydrogen (secondary N) is 1. The first kappa shape index (κ1) is 12.8. The number of aromatic nitrogens is 1. The van der Waals surface area contributed by atoms with E-state index < -0.39 is 0 Å². The van der Waals surface area contributed by atoms with Crippen molar-refractivity contribution in [3.63, 3.8) is 0 Å². The molecule has 1 aromatic heterocycles. The van der Waals surface area contributed by atoms with Gasteiger partial charge < -0.3 is 16.9 Å². The maximum Gasteiger partial charge on any atom is 0.236 e. The van der Waals surface area contributed by atoms with E-state index in [1.807, 2.05) is 0 Å². The van der Waals surface area contributed by atoms with Crippen molar-refractivity contribution in [1.82, 2.24) is 4.98 Å². The number of thioether (sulfide) groups is 1. The van der Waals surface area contributed by atoms with Crippen LogP contribution in [0.1, 0.15) is 0 Å². The van der Waals surface area contributed by atoms with Crippen LogP contribution >= 0.6 is 27.7 Å². The number of nitrogens with zero attached hydrogens (tertiary/aromatic N) is 2. The average molecular weight is 304 g/mol. The third-order valence-corrected chi connectivity index (χ3v) is 2.75. The predicted octanol–water partition coefficient (Wildman–Crippen LogP) is 0.704. The number of hydrazone groups is 1. The molecular formula is C8H10BrN5OS. The summed E-state index contributed by atoms with van der Waals surface area (Å²) in [5.41, 5.74) is 5.32. The van der Waals surface area contributed by atoms with Crippen molar-refractivity contribution in [3.05, 3.63) is 22.8 Å². The van der Waals surface area contributed by atoms with Crippen LogP contribution in [0.15, 0.2) is 27.9 Å². The summed E-state index contributed by atoms with van der Waals surface area (Å²) < 4.78 is 0.847. The summed E-state index contributed by atoms with van der Waals surface area (Å²) in [5.74, 6) is 5.33. The van der Waals surface area contributed by atoms with Crippen LogP contribution in [0.4, 0.5) is 5.82 Å². The number of amides is 1. The van der Waals surface area contributed by atoms with Gasteiger partial charge in [-0.2, -0.15) is 5.10 Å². The van der Waals surface area contributed by atoms with Crippen molar-refractivity contribution < 1.29 is 4.79 Å². The minimum Gasteiger partial charge on any atom is -0.377 e. The van der Waals surface area contributed by atoms with Gasteiger partial charge in [0.15, 0.2) is 5.17 Å². The van der Waals surface area contributed by atoms with Gasteiger partial charge in [0.1, 0.15) is 5.82 Å². The van der Waals surface area contributed by atoms with Crippen molar-refractivity contribution in [2.75, 3.05) is 11.1 Å². The third kappa shape index (κ3) is 4.49. The Morgan fingerprint density at radius 3 is 2.94 bits per heavy atom. The molecule has 0 aromatic carbocycles. The van der Waals surface area contributed by atoms with Crippen LogP contribution in [-0.4, -0.2) is 21.8 Å². The van der Waals surface area contributed by atoms with Crippen LogP contribution in [0.5, 0.6) is 0 Å². The molecule has 8 heteroatoms. The molecule has 1 heterocycles. The number of nitrogens with two attached hydrogens (primary N) is 2. The van der Waals surface area contributed by atoms with Crippen molar-refractivity contribution >= 4 is 44.6 Å². The molecule has 1 amide bonds. The van der Waals surface area contributed by atoms with Gasteiger partial charge >= 0.3 is 0 Å². The number of halogens is 1. The van der Waals surface area contributed by atoms with Crippen LogP contribution < -0.4 is 16.9 Å². The van der Waals surface area contributed by atoms with E-state index in [0.29, 0.717) is 5.82 Å². The Balaban J connectivity index is 2.43. The Hall–Kier alpha value is -1.28. The standard InChI is InChI=1S/C8H10BrN5OS/c9-5-1-2-6(12-3-5)13-7(15)4-16-8(10)14-11/h1-3H,4,11H2,(H2,10,14)(H,12,13,15). The molecule has 0 bridgehead atoms. The molecule has 0 saturated carbocycles. The van der Waals surface area contributed by atoms with Gasteiger partial charge in [-0.15, -0.1) is 0 Å². The van der Waals surface area contributed by atoms with Gasteiger partial charge in [-0.05, 0) is 28.1 Å². The van der Waals surface area contributed by atoms with Crippen molar-refractivity contribution in [2.24, 2.45) is 16.7 Å². The molecule has 0 aliphatic carbocycles. The Morgan fingerprint density at radius 1 is 1.62 bits per heavy atom. The maximum absolute atomic E-state index is 11.4. The SMILES string of the molecule is NN=C(N)SCC(=O)Nc1ccc(Br)cn1. The molecule has 16 heavy (non-hydrogen) atoms. The Labute approximate surface area is 105 Å². The second kappa shape index (κ2) is 6.33. The highest BCUT2D eigenvalue weighted by molar-refractivity contribution is 9.10. The van der Waals surface area contributed by atoms with Gasteiger partial charge in [0.2, 0.25) is 5.91 Å². The molecule has 1 rings (SSSR count). The highest BCUT2D eigenvalue weighted by Gasteiger charge is 2.04. The third-order valence-electron chi connectivity index (χ3n) is 1.47. The lowest BCUT2D eigenvalue weighted by molar-refractivity contribution is -0.113. The molecule has 1 aromatic rings.